The molecule has 0 radical (unpaired) electrons. The number of amidine groups is 1. The number of aromatic nitrogens is 1. The Morgan fingerprint density at radius 3 is 2.84 bits per heavy atom. The molecule has 5 N–H and O–H groups in total. The molecule has 2 heterocycles. The van der Waals surface area contributed by atoms with Gasteiger partial charge in [0.05, 0.1) is 5.70 Å². The number of nitrogens with zero attached hydrogens (tertiary/aromatic N) is 3. The molecule has 7 nitrogen and oxygen atoms in total. The maximum Gasteiger partial charge on any atom is 0.277 e. The van der Waals surface area contributed by atoms with Gasteiger partial charge in [-0.3, -0.25) is 9.79 Å². The van der Waals surface area contributed by atoms with E-state index in [1.54, 1.807) is 7.05 Å². The molecule has 0 bridgehead atoms. The van der Waals surface area contributed by atoms with Crippen molar-refractivity contribution in [2.75, 3.05) is 25.9 Å². The van der Waals surface area contributed by atoms with Crippen molar-refractivity contribution < 1.29 is 18.0 Å². The summed E-state index contributed by atoms with van der Waals surface area (Å²) in [4.78, 5) is 23.0. The summed E-state index contributed by atoms with van der Waals surface area (Å²) in [6.07, 6.45) is 1.78. The lowest BCUT2D eigenvalue weighted by molar-refractivity contribution is 0.0964. The number of thiazole rings is 1. The van der Waals surface area contributed by atoms with E-state index in [-0.39, 0.29) is 27.0 Å². The van der Waals surface area contributed by atoms with Crippen LogP contribution < -0.4 is 16.8 Å². The number of nitrogens with one attached hydrogen (secondary N) is 1. The Morgan fingerprint density at radius 2 is 2.13 bits per heavy atom. The summed E-state index contributed by atoms with van der Waals surface area (Å²) >= 11 is 0.865. The van der Waals surface area contributed by atoms with Crippen molar-refractivity contribution in [1.82, 2.24) is 15.2 Å². The molecule has 1 aromatic heterocycles. The minimum atomic E-state index is -0.876. The third-order valence-corrected chi connectivity index (χ3v) is 5.77. The van der Waals surface area contributed by atoms with Gasteiger partial charge in [-0.25, -0.2) is 18.2 Å². The van der Waals surface area contributed by atoms with Gasteiger partial charge in [-0.1, -0.05) is 11.3 Å². The molecule has 166 valence electrons. The molecular formula is C20H23F3N6OS. The standard InChI is InChI=1S/C20H23F3N6OS/c1-26-18(29-7-2-3-11(21)6-8-29)15(10-24)27-19(30)16-17(25)31-20(28-16)13-9-12(22)4-5-14(13)23/h4-5,9-11H,2-3,6-8,24-25H2,1H3,(H,27,30)/b15-10+,26-18?. The molecule has 1 saturated heterocycles. The van der Waals surface area contributed by atoms with E-state index in [1.165, 1.54) is 6.20 Å². The highest BCUT2D eigenvalue weighted by Crippen LogP contribution is 2.32. The zero-order chi connectivity index (χ0) is 22.5. The molecule has 0 aliphatic carbocycles. The third kappa shape index (κ3) is 5.16. The van der Waals surface area contributed by atoms with E-state index < -0.39 is 23.7 Å². The Labute approximate surface area is 181 Å². The molecule has 2 aromatic rings. The summed E-state index contributed by atoms with van der Waals surface area (Å²) in [6, 6.07) is 2.95. The van der Waals surface area contributed by atoms with Gasteiger partial charge in [0, 0.05) is 31.9 Å². The van der Waals surface area contributed by atoms with Crippen LogP contribution in [-0.4, -0.2) is 47.9 Å². The van der Waals surface area contributed by atoms with Gasteiger partial charge in [-0.15, -0.1) is 0 Å². The normalized spacial score (nSPS) is 18.1. The van der Waals surface area contributed by atoms with Gasteiger partial charge in [-0.2, -0.15) is 0 Å². The predicted octanol–water partition coefficient (Wildman–Crippen LogP) is 3.05. The summed E-state index contributed by atoms with van der Waals surface area (Å²) in [6.45, 7) is 1.00. The van der Waals surface area contributed by atoms with Crippen molar-refractivity contribution in [3.63, 3.8) is 0 Å². The predicted molar refractivity (Wildman–Crippen MR) is 115 cm³/mol. The number of rotatable bonds is 4. The van der Waals surface area contributed by atoms with E-state index in [0.717, 1.165) is 29.5 Å². The first-order chi connectivity index (χ1) is 14.8. The van der Waals surface area contributed by atoms with Crippen LogP contribution in [0.25, 0.3) is 10.6 Å². The molecule has 31 heavy (non-hydrogen) atoms. The second-order valence-electron chi connectivity index (χ2n) is 6.95. The molecule has 1 aromatic carbocycles. The van der Waals surface area contributed by atoms with E-state index in [9.17, 15) is 18.0 Å². The zero-order valence-corrected chi connectivity index (χ0v) is 17.7. The maximum absolute atomic E-state index is 14.1. The van der Waals surface area contributed by atoms with Gasteiger partial charge in [0.1, 0.15) is 33.7 Å². The summed E-state index contributed by atoms with van der Waals surface area (Å²) < 4.78 is 41.3. The number of amides is 1. The van der Waals surface area contributed by atoms with Gasteiger partial charge >= 0.3 is 0 Å². The number of nitrogen functional groups attached to an aromatic ring is 1. The van der Waals surface area contributed by atoms with E-state index in [1.807, 2.05) is 4.90 Å². The molecular weight excluding hydrogens is 429 g/mol. The minimum Gasteiger partial charge on any atom is -0.403 e. The number of likely N-dealkylation sites (tertiary alicyclic amines) is 1. The van der Waals surface area contributed by atoms with Crippen LogP contribution in [0.15, 0.2) is 35.1 Å². The number of carbonyl (C=O) groups excluding carboxylic acids is 1. The smallest absolute Gasteiger partial charge is 0.277 e. The molecule has 1 aliphatic rings. The molecule has 0 saturated carbocycles. The van der Waals surface area contributed by atoms with Crippen LogP contribution in [0.1, 0.15) is 29.8 Å². The summed E-state index contributed by atoms with van der Waals surface area (Å²) in [5.74, 6) is -1.58. The lowest BCUT2D eigenvalue weighted by Crippen LogP contribution is -2.40. The van der Waals surface area contributed by atoms with E-state index in [4.69, 9.17) is 11.5 Å². The van der Waals surface area contributed by atoms with Gasteiger partial charge in [0.15, 0.2) is 5.69 Å². The van der Waals surface area contributed by atoms with Crippen molar-refractivity contribution in [2.24, 2.45) is 10.7 Å². The summed E-state index contributed by atoms with van der Waals surface area (Å²) in [7, 11) is 1.55. The number of nitrogens with two attached hydrogens (primary N) is 2. The maximum atomic E-state index is 14.1. The second kappa shape index (κ2) is 9.82. The third-order valence-electron chi connectivity index (χ3n) is 4.85. The van der Waals surface area contributed by atoms with Crippen LogP contribution in [0.3, 0.4) is 0 Å². The number of hydrogen-bond acceptors (Lipinski definition) is 6. The number of halogens is 3. The Balaban J connectivity index is 1.81. The molecule has 1 atom stereocenters. The Bertz CT molecular complexity index is 1020. The van der Waals surface area contributed by atoms with Gasteiger partial charge in [0.2, 0.25) is 0 Å². The lowest BCUT2D eigenvalue weighted by Gasteiger charge is -2.25. The molecule has 3 rings (SSSR count). The molecule has 11 heteroatoms. The van der Waals surface area contributed by atoms with E-state index in [2.05, 4.69) is 15.3 Å². The van der Waals surface area contributed by atoms with Gasteiger partial charge < -0.3 is 21.7 Å². The fraction of sp³-hybridized carbons (Fsp3) is 0.350. The Morgan fingerprint density at radius 1 is 1.35 bits per heavy atom. The number of benzene rings is 1. The van der Waals surface area contributed by atoms with Crippen molar-refractivity contribution in [1.29, 1.82) is 0 Å². The summed E-state index contributed by atoms with van der Waals surface area (Å²) in [5, 5.41) is 2.73. The van der Waals surface area contributed by atoms with Crippen LogP contribution >= 0.6 is 11.3 Å². The second-order valence-corrected chi connectivity index (χ2v) is 7.98. The first-order valence-corrected chi connectivity index (χ1v) is 10.5. The first-order valence-electron chi connectivity index (χ1n) is 9.65. The zero-order valence-electron chi connectivity index (χ0n) is 16.9. The van der Waals surface area contributed by atoms with Crippen molar-refractivity contribution in [2.45, 2.75) is 25.4 Å². The molecule has 1 aliphatic heterocycles. The quantitative estimate of drug-likeness (QED) is 0.488. The average Bonchev–Trinajstić information content (AvgIpc) is 3.01. The number of hydrogen-bond donors (Lipinski definition) is 3. The van der Waals surface area contributed by atoms with E-state index in [0.29, 0.717) is 38.2 Å². The fourth-order valence-electron chi connectivity index (χ4n) is 3.32. The highest BCUT2D eigenvalue weighted by Gasteiger charge is 2.25. The number of carbonyl (C=O) groups is 1. The fourth-order valence-corrected chi connectivity index (χ4v) is 4.17. The molecule has 1 amide bonds. The highest BCUT2D eigenvalue weighted by molar-refractivity contribution is 7.19. The largest absolute Gasteiger partial charge is 0.403 e. The Kier molecular flexibility index (Phi) is 7.16. The van der Waals surface area contributed by atoms with Crippen LogP contribution in [-0.2, 0) is 0 Å². The SMILES string of the molecule is CN=C(/C(=C\N)NC(=O)c1nc(-c2cc(F)ccc2F)sc1N)N1CCCC(F)CC1. The first kappa shape index (κ1) is 22.6. The summed E-state index contributed by atoms with van der Waals surface area (Å²) in [5.41, 5.74) is 11.6. The van der Waals surface area contributed by atoms with Crippen molar-refractivity contribution >= 4 is 28.1 Å². The highest BCUT2D eigenvalue weighted by atomic mass is 32.1. The number of aliphatic imine (C=N–C) groups is 1. The number of alkyl halides is 1. The van der Waals surface area contributed by atoms with Crippen molar-refractivity contribution in [3.05, 3.63) is 47.4 Å². The topological polar surface area (TPSA) is 110 Å². The van der Waals surface area contributed by atoms with E-state index >= 15 is 0 Å². The molecule has 0 spiro atoms. The number of anilines is 1. The minimum absolute atomic E-state index is 0.0394. The van der Waals surface area contributed by atoms with Crippen molar-refractivity contribution in [3.8, 4) is 10.6 Å². The Hall–Kier alpha value is -3.08. The average molecular weight is 453 g/mol. The molecule has 1 fully saturated rings. The monoisotopic (exact) mass is 452 g/mol. The van der Waals surface area contributed by atoms with Crippen LogP contribution in [0.4, 0.5) is 18.2 Å². The van der Waals surface area contributed by atoms with Crippen LogP contribution in [0.2, 0.25) is 0 Å². The lowest BCUT2D eigenvalue weighted by atomic mass is 10.2. The molecule has 1 unspecified atom stereocenters. The van der Waals surface area contributed by atoms with Gasteiger partial charge in [-0.05, 0) is 37.5 Å². The van der Waals surface area contributed by atoms with Crippen LogP contribution in [0.5, 0.6) is 0 Å². The van der Waals surface area contributed by atoms with Crippen LogP contribution in [0, 0.1) is 11.6 Å². The van der Waals surface area contributed by atoms with Gasteiger partial charge in [0.25, 0.3) is 5.91 Å².